The molecule has 0 spiro atoms. The Kier molecular flexibility index (Phi) is 3.67. The van der Waals surface area contributed by atoms with Gasteiger partial charge in [0.25, 0.3) is 0 Å². The number of carbonyl (C=O) groups is 1. The van der Waals surface area contributed by atoms with E-state index in [1.54, 1.807) is 4.90 Å². The quantitative estimate of drug-likeness (QED) is 0.775. The summed E-state index contributed by atoms with van der Waals surface area (Å²) in [6, 6.07) is 0.300. The Labute approximate surface area is 114 Å². The van der Waals surface area contributed by atoms with Crippen molar-refractivity contribution in [3.05, 3.63) is 0 Å². The van der Waals surface area contributed by atoms with E-state index in [-0.39, 0.29) is 24.3 Å². The van der Waals surface area contributed by atoms with E-state index in [9.17, 15) is 4.79 Å². The van der Waals surface area contributed by atoms with E-state index in [1.165, 1.54) is 12.8 Å². The van der Waals surface area contributed by atoms with E-state index >= 15 is 0 Å². The van der Waals surface area contributed by atoms with Gasteiger partial charge in [0.2, 0.25) is 0 Å². The van der Waals surface area contributed by atoms with E-state index < -0.39 is 0 Å². The largest absolute Gasteiger partial charge is 0.375 e. The van der Waals surface area contributed by atoms with Crippen molar-refractivity contribution in [2.75, 3.05) is 33.9 Å². The number of carbonyl (C=O) groups excluding carboxylic acids is 1. The molecule has 3 atom stereocenters. The molecular formula is C14H24N2O3. The summed E-state index contributed by atoms with van der Waals surface area (Å²) in [5.74, 6) is 0.780. The second-order valence-electron chi connectivity index (χ2n) is 6.17. The fourth-order valence-corrected chi connectivity index (χ4v) is 3.13. The molecule has 0 bridgehead atoms. The molecule has 5 nitrogen and oxygen atoms in total. The summed E-state index contributed by atoms with van der Waals surface area (Å²) in [5.41, 5.74) is 0. The van der Waals surface area contributed by atoms with Gasteiger partial charge < -0.3 is 19.3 Å². The van der Waals surface area contributed by atoms with Crippen molar-refractivity contribution in [3.63, 3.8) is 0 Å². The van der Waals surface area contributed by atoms with E-state index in [2.05, 4.69) is 0 Å². The number of ether oxygens (including phenoxy) is 2. The first-order valence-electron chi connectivity index (χ1n) is 7.38. The minimum Gasteiger partial charge on any atom is -0.375 e. The maximum Gasteiger partial charge on any atom is 0.319 e. The molecule has 0 N–H and O–H groups in total. The van der Waals surface area contributed by atoms with Crippen molar-refractivity contribution in [3.8, 4) is 0 Å². The third-order valence-electron chi connectivity index (χ3n) is 4.41. The Morgan fingerprint density at radius 3 is 2.79 bits per heavy atom. The highest BCUT2D eigenvalue weighted by molar-refractivity contribution is 5.74. The molecule has 2 amide bonds. The van der Waals surface area contributed by atoms with Crippen LogP contribution in [0.4, 0.5) is 4.79 Å². The van der Waals surface area contributed by atoms with Crippen molar-refractivity contribution in [1.29, 1.82) is 0 Å². The average molecular weight is 268 g/mol. The number of hydrogen-bond acceptors (Lipinski definition) is 3. The molecule has 0 aromatic rings. The van der Waals surface area contributed by atoms with Gasteiger partial charge in [0.15, 0.2) is 0 Å². The Bertz CT molecular complexity index is 344. The van der Waals surface area contributed by atoms with Gasteiger partial charge in [0.1, 0.15) is 6.10 Å². The van der Waals surface area contributed by atoms with Gasteiger partial charge in [-0.25, -0.2) is 4.79 Å². The smallest absolute Gasteiger partial charge is 0.319 e. The molecule has 3 aliphatic rings. The normalized spacial score (nSPS) is 34.2. The lowest BCUT2D eigenvalue weighted by Gasteiger charge is -2.40. The molecule has 1 aliphatic heterocycles. The summed E-state index contributed by atoms with van der Waals surface area (Å²) < 4.78 is 11.9. The first kappa shape index (κ1) is 13.2. The van der Waals surface area contributed by atoms with Crippen LogP contribution >= 0.6 is 0 Å². The number of fused-ring (bicyclic) bond motifs is 1. The van der Waals surface area contributed by atoms with Gasteiger partial charge >= 0.3 is 6.03 Å². The SMILES string of the molecule is CN(C)C(=O)N1CCO[C@H]2[C@@H](OCC3CC3)CC[C@@H]21. The van der Waals surface area contributed by atoms with Gasteiger partial charge in [-0.1, -0.05) is 0 Å². The summed E-state index contributed by atoms with van der Waals surface area (Å²) in [5, 5.41) is 0. The minimum absolute atomic E-state index is 0.0800. The molecule has 0 radical (unpaired) electrons. The first-order chi connectivity index (χ1) is 9.16. The number of hydrogen-bond donors (Lipinski definition) is 0. The Morgan fingerprint density at radius 2 is 2.11 bits per heavy atom. The molecule has 1 saturated heterocycles. The molecular weight excluding hydrogens is 244 g/mol. The van der Waals surface area contributed by atoms with Crippen LogP contribution in [0.1, 0.15) is 25.7 Å². The highest BCUT2D eigenvalue weighted by atomic mass is 16.5. The summed E-state index contributed by atoms with van der Waals surface area (Å²) >= 11 is 0. The maximum atomic E-state index is 12.2. The van der Waals surface area contributed by atoms with Gasteiger partial charge in [0.05, 0.1) is 18.8 Å². The second-order valence-corrected chi connectivity index (χ2v) is 6.17. The molecule has 3 rings (SSSR count). The summed E-state index contributed by atoms with van der Waals surface area (Å²) in [4.78, 5) is 15.8. The molecule has 108 valence electrons. The number of rotatable bonds is 3. The van der Waals surface area contributed by atoms with Crippen LogP contribution in [0.3, 0.4) is 0 Å². The fraction of sp³-hybridized carbons (Fsp3) is 0.929. The molecule has 0 aromatic heterocycles. The van der Waals surface area contributed by atoms with Crippen LogP contribution in [0.25, 0.3) is 0 Å². The van der Waals surface area contributed by atoms with Crippen LogP contribution in [0.5, 0.6) is 0 Å². The lowest BCUT2D eigenvalue weighted by Crippen LogP contribution is -2.56. The van der Waals surface area contributed by atoms with Crippen LogP contribution in [-0.2, 0) is 9.47 Å². The molecule has 2 saturated carbocycles. The zero-order chi connectivity index (χ0) is 13.4. The number of morpholine rings is 1. The Balaban J connectivity index is 1.61. The fourth-order valence-electron chi connectivity index (χ4n) is 3.13. The van der Waals surface area contributed by atoms with Crippen molar-refractivity contribution >= 4 is 6.03 Å². The van der Waals surface area contributed by atoms with Gasteiger partial charge in [0, 0.05) is 27.2 Å². The number of amides is 2. The van der Waals surface area contributed by atoms with Crippen molar-refractivity contribution in [2.45, 2.75) is 43.9 Å². The van der Waals surface area contributed by atoms with Crippen molar-refractivity contribution < 1.29 is 14.3 Å². The molecule has 5 heteroatoms. The van der Waals surface area contributed by atoms with Gasteiger partial charge in [-0.15, -0.1) is 0 Å². The number of urea groups is 1. The highest BCUT2D eigenvalue weighted by Gasteiger charge is 2.45. The van der Waals surface area contributed by atoms with Gasteiger partial charge in [-0.05, 0) is 31.6 Å². The zero-order valence-corrected chi connectivity index (χ0v) is 11.9. The summed E-state index contributed by atoms with van der Waals surface area (Å²) in [6.45, 7) is 2.20. The molecule has 0 aromatic carbocycles. The maximum absolute atomic E-state index is 12.2. The minimum atomic E-state index is 0.0800. The highest BCUT2D eigenvalue weighted by Crippen LogP contribution is 2.35. The van der Waals surface area contributed by atoms with E-state index in [1.807, 2.05) is 19.0 Å². The zero-order valence-electron chi connectivity index (χ0n) is 11.9. The topological polar surface area (TPSA) is 42.0 Å². The van der Waals surface area contributed by atoms with Crippen molar-refractivity contribution in [2.24, 2.45) is 5.92 Å². The first-order valence-corrected chi connectivity index (χ1v) is 7.38. The van der Waals surface area contributed by atoms with E-state index in [0.717, 1.165) is 25.4 Å². The number of nitrogens with zero attached hydrogens (tertiary/aromatic N) is 2. The molecule has 1 heterocycles. The molecule has 19 heavy (non-hydrogen) atoms. The van der Waals surface area contributed by atoms with Crippen molar-refractivity contribution in [1.82, 2.24) is 9.80 Å². The summed E-state index contributed by atoms with van der Waals surface area (Å²) in [7, 11) is 3.62. The third kappa shape index (κ3) is 2.72. The Morgan fingerprint density at radius 1 is 1.32 bits per heavy atom. The van der Waals surface area contributed by atoms with Gasteiger partial charge in [-0.3, -0.25) is 0 Å². The average Bonchev–Trinajstić information content (AvgIpc) is 3.14. The van der Waals surface area contributed by atoms with Crippen LogP contribution in [-0.4, -0.2) is 67.9 Å². The van der Waals surface area contributed by atoms with Crippen LogP contribution in [0.2, 0.25) is 0 Å². The standard InChI is InChI=1S/C14H24N2O3/c1-15(2)14(17)16-7-8-18-13-11(16)5-6-12(13)19-9-10-3-4-10/h10-13H,3-9H2,1-2H3/t11-,12-,13+/m0/s1. The van der Waals surface area contributed by atoms with Crippen LogP contribution < -0.4 is 0 Å². The Hall–Kier alpha value is -0.810. The lowest BCUT2D eigenvalue weighted by molar-refractivity contribution is -0.106. The van der Waals surface area contributed by atoms with Gasteiger partial charge in [-0.2, -0.15) is 0 Å². The lowest BCUT2D eigenvalue weighted by atomic mass is 10.1. The van der Waals surface area contributed by atoms with E-state index in [0.29, 0.717) is 13.2 Å². The molecule has 3 fully saturated rings. The predicted molar refractivity (Wildman–Crippen MR) is 71.0 cm³/mol. The van der Waals surface area contributed by atoms with E-state index in [4.69, 9.17) is 9.47 Å². The predicted octanol–water partition coefficient (Wildman–Crippen LogP) is 1.33. The monoisotopic (exact) mass is 268 g/mol. The van der Waals surface area contributed by atoms with Crippen LogP contribution in [0.15, 0.2) is 0 Å². The second kappa shape index (κ2) is 5.29. The third-order valence-corrected chi connectivity index (χ3v) is 4.41. The summed E-state index contributed by atoms with van der Waals surface area (Å²) in [6.07, 6.45) is 4.90. The van der Waals surface area contributed by atoms with Crippen LogP contribution in [0, 0.1) is 5.92 Å². The molecule has 2 aliphatic carbocycles. The molecule has 0 unspecified atom stereocenters.